The van der Waals surface area contributed by atoms with Crippen molar-refractivity contribution in [1.82, 2.24) is 15.8 Å². The largest absolute Gasteiger partial charge is 0.496 e. The number of methoxy groups -OCH3 is 1. The molecule has 2 aliphatic heterocycles. The Bertz CT molecular complexity index is 534. The standard InChI is InChI=1S/C17H25N3O2/c1-12-15(11-18-19-12)17(21)20-9-5-7-14(20)10-13-6-3-4-8-16(13)22-2/h3-4,6,8,12,14-15,18-19H,5,7,9-11H2,1-2H3. The summed E-state index contributed by atoms with van der Waals surface area (Å²) in [6.45, 7) is 3.66. The van der Waals surface area contributed by atoms with E-state index in [-0.39, 0.29) is 23.9 Å². The number of para-hydroxylation sites is 1. The maximum atomic E-state index is 12.8. The van der Waals surface area contributed by atoms with Crippen molar-refractivity contribution in [3.05, 3.63) is 29.8 Å². The Kier molecular flexibility index (Phi) is 4.64. The lowest BCUT2D eigenvalue weighted by Crippen LogP contribution is -2.44. The van der Waals surface area contributed by atoms with Gasteiger partial charge in [0.05, 0.1) is 13.0 Å². The van der Waals surface area contributed by atoms with Crippen LogP contribution in [0.1, 0.15) is 25.3 Å². The van der Waals surface area contributed by atoms with Crippen LogP contribution in [0.5, 0.6) is 5.75 Å². The summed E-state index contributed by atoms with van der Waals surface area (Å²) >= 11 is 0. The van der Waals surface area contributed by atoms with E-state index in [2.05, 4.69) is 28.7 Å². The van der Waals surface area contributed by atoms with Crippen LogP contribution in [0.4, 0.5) is 0 Å². The highest BCUT2D eigenvalue weighted by atomic mass is 16.5. The summed E-state index contributed by atoms with van der Waals surface area (Å²) in [6, 6.07) is 8.59. The average Bonchev–Trinajstić information content (AvgIpc) is 3.16. The minimum Gasteiger partial charge on any atom is -0.496 e. The fourth-order valence-electron chi connectivity index (χ4n) is 3.58. The third kappa shape index (κ3) is 2.96. The molecule has 2 heterocycles. The van der Waals surface area contributed by atoms with Crippen LogP contribution in [-0.4, -0.2) is 43.1 Å². The highest BCUT2D eigenvalue weighted by Crippen LogP contribution is 2.27. The first-order valence-electron chi connectivity index (χ1n) is 8.11. The first-order valence-corrected chi connectivity index (χ1v) is 8.11. The minimum atomic E-state index is 0.0401. The van der Waals surface area contributed by atoms with Crippen molar-refractivity contribution in [2.75, 3.05) is 20.2 Å². The van der Waals surface area contributed by atoms with E-state index in [4.69, 9.17) is 4.74 Å². The summed E-state index contributed by atoms with van der Waals surface area (Å²) in [6.07, 6.45) is 3.04. The number of carbonyl (C=O) groups excluding carboxylic acids is 1. The zero-order valence-corrected chi connectivity index (χ0v) is 13.3. The molecule has 120 valence electrons. The lowest BCUT2D eigenvalue weighted by molar-refractivity contribution is -0.136. The molecule has 5 nitrogen and oxygen atoms in total. The third-order valence-electron chi connectivity index (χ3n) is 4.88. The molecule has 0 radical (unpaired) electrons. The average molecular weight is 303 g/mol. The highest BCUT2D eigenvalue weighted by Gasteiger charge is 2.37. The van der Waals surface area contributed by atoms with Crippen molar-refractivity contribution in [3.8, 4) is 5.75 Å². The molecular formula is C17H25N3O2. The van der Waals surface area contributed by atoms with Crippen molar-refractivity contribution >= 4 is 5.91 Å². The summed E-state index contributed by atoms with van der Waals surface area (Å²) in [5.74, 6) is 1.24. The monoisotopic (exact) mass is 303 g/mol. The van der Waals surface area contributed by atoms with Gasteiger partial charge in [-0.15, -0.1) is 0 Å². The third-order valence-corrected chi connectivity index (χ3v) is 4.88. The van der Waals surface area contributed by atoms with Crippen LogP contribution in [-0.2, 0) is 11.2 Å². The first-order chi connectivity index (χ1) is 10.7. The molecule has 0 saturated carbocycles. The topological polar surface area (TPSA) is 53.6 Å². The van der Waals surface area contributed by atoms with Gasteiger partial charge in [-0.2, -0.15) is 0 Å². The summed E-state index contributed by atoms with van der Waals surface area (Å²) in [5, 5.41) is 0. The Hall–Kier alpha value is -1.59. The fraction of sp³-hybridized carbons (Fsp3) is 0.588. The molecule has 0 aliphatic carbocycles. The summed E-state index contributed by atoms with van der Waals surface area (Å²) in [7, 11) is 1.70. The molecule has 2 fully saturated rings. The Labute approximate surface area is 132 Å². The zero-order chi connectivity index (χ0) is 15.5. The summed E-state index contributed by atoms with van der Waals surface area (Å²) in [5.41, 5.74) is 7.42. The van der Waals surface area contributed by atoms with Gasteiger partial charge in [-0.25, -0.2) is 0 Å². The Morgan fingerprint density at radius 1 is 1.41 bits per heavy atom. The number of rotatable bonds is 4. The Morgan fingerprint density at radius 2 is 2.23 bits per heavy atom. The second-order valence-electron chi connectivity index (χ2n) is 6.26. The van der Waals surface area contributed by atoms with E-state index in [1.54, 1.807) is 7.11 Å². The highest BCUT2D eigenvalue weighted by molar-refractivity contribution is 5.80. The number of hydrogen-bond donors (Lipinski definition) is 2. The van der Waals surface area contributed by atoms with Gasteiger partial charge in [0.15, 0.2) is 0 Å². The predicted molar refractivity (Wildman–Crippen MR) is 85.5 cm³/mol. The van der Waals surface area contributed by atoms with Crippen molar-refractivity contribution < 1.29 is 9.53 Å². The van der Waals surface area contributed by atoms with Crippen LogP contribution in [0.25, 0.3) is 0 Å². The smallest absolute Gasteiger partial charge is 0.228 e. The fourth-order valence-corrected chi connectivity index (χ4v) is 3.58. The molecule has 1 amide bonds. The van der Waals surface area contributed by atoms with E-state index in [9.17, 15) is 4.79 Å². The van der Waals surface area contributed by atoms with Crippen LogP contribution in [0.3, 0.4) is 0 Å². The number of carbonyl (C=O) groups is 1. The number of nitrogens with zero attached hydrogens (tertiary/aromatic N) is 1. The first kappa shape index (κ1) is 15.3. The SMILES string of the molecule is COc1ccccc1CC1CCCN1C(=O)C1CNNC1C. The maximum Gasteiger partial charge on any atom is 0.228 e. The van der Waals surface area contributed by atoms with Gasteiger partial charge in [-0.05, 0) is 37.8 Å². The lowest BCUT2D eigenvalue weighted by Gasteiger charge is -2.28. The number of hydrazine groups is 1. The molecule has 2 N–H and O–H groups in total. The molecular weight excluding hydrogens is 278 g/mol. The van der Waals surface area contributed by atoms with Gasteiger partial charge >= 0.3 is 0 Å². The van der Waals surface area contributed by atoms with Gasteiger partial charge in [-0.1, -0.05) is 18.2 Å². The van der Waals surface area contributed by atoms with Crippen LogP contribution in [0.15, 0.2) is 24.3 Å². The molecule has 22 heavy (non-hydrogen) atoms. The molecule has 0 spiro atoms. The van der Waals surface area contributed by atoms with E-state index in [1.807, 2.05) is 18.2 Å². The number of hydrogen-bond acceptors (Lipinski definition) is 4. The van der Waals surface area contributed by atoms with Crippen LogP contribution < -0.4 is 15.6 Å². The van der Waals surface area contributed by atoms with Crippen molar-refractivity contribution in [3.63, 3.8) is 0 Å². The zero-order valence-electron chi connectivity index (χ0n) is 13.3. The van der Waals surface area contributed by atoms with Gasteiger partial charge in [0.25, 0.3) is 0 Å². The number of nitrogens with one attached hydrogen (secondary N) is 2. The maximum absolute atomic E-state index is 12.8. The lowest BCUT2D eigenvalue weighted by atomic mass is 9.99. The number of ether oxygens (including phenoxy) is 1. The van der Waals surface area contributed by atoms with Gasteiger partial charge in [0.1, 0.15) is 5.75 Å². The molecule has 3 rings (SSSR count). The van der Waals surface area contributed by atoms with Gasteiger partial charge in [-0.3, -0.25) is 15.6 Å². The minimum absolute atomic E-state index is 0.0401. The second kappa shape index (κ2) is 6.67. The number of benzene rings is 1. The molecule has 2 saturated heterocycles. The van der Waals surface area contributed by atoms with Gasteiger partial charge < -0.3 is 9.64 Å². The summed E-state index contributed by atoms with van der Waals surface area (Å²) in [4.78, 5) is 14.9. The molecule has 1 aromatic rings. The molecule has 1 aromatic carbocycles. The Morgan fingerprint density at radius 3 is 2.95 bits per heavy atom. The number of likely N-dealkylation sites (tertiary alicyclic amines) is 1. The van der Waals surface area contributed by atoms with Crippen LogP contribution in [0.2, 0.25) is 0 Å². The molecule has 0 aromatic heterocycles. The normalized spacial score (nSPS) is 28.1. The van der Waals surface area contributed by atoms with Gasteiger partial charge in [0.2, 0.25) is 5.91 Å². The summed E-state index contributed by atoms with van der Waals surface area (Å²) < 4.78 is 5.44. The second-order valence-corrected chi connectivity index (χ2v) is 6.26. The van der Waals surface area contributed by atoms with Gasteiger partial charge in [0, 0.05) is 25.2 Å². The van der Waals surface area contributed by atoms with Crippen molar-refractivity contribution in [2.45, 2.75) is 38.3 Å². The van der Waals surface area contributed by atoms with E-state index < -0.39 is 0 Å². The molecule has 0 bridgehead atoms. The van der Waals surface area contributed by atoms with E-state index in [0.29, 0.717) is 0 Å². The van der Waals surface area contributed by atoms with E-state index >= 15 is 0 Å². The predicted octanol–water partition coefficient (Wildman–Crippen LogP) is 1.34. The van der Waals surface area contributed by atoms with E-state index in [1.165, 1.54) is 5.56 Å². The Balaban J connectivity index is 1.71. The quantitative estimate of drug-likeness (QED) is 0.881. The molecule has 3 atom stereocenters. The van der Waals surface area contributed by atoms with E-state index in [0.717, 1.165) is 38.1 Å². The van der Waals surface area contributed by atoms with Crippen molar-refractivity contribution in [1.29, 1.82) is 0 Å². The number of amides is 1. The van der Waals surface area contributed by atoms with Crippen LogP contribution in [0, 0.1) is 5.92 Å². The molecule has 2 aliphatic rings. The van der Waals surface area contributed by atoms with Crippen molar-refractivity contribution in [2.24, 2.45) is 5.92 Å². The molecule has 5 heteroatoms. The molecule has 3 unspecified atom stereocenters. The van der Waals surface area contributed by atoms with Crippen LogP contribution >= 0.6 is 0 Å².